The Hall–Kier alpha value is -4.37. The lowest BCUT2D eigenvalue weighted by atomic mass is 9.86. The van der Waals surface area contributed by atoms with Crippen LogP contribution < -0.4 is 14.8 Å². The average molecular weight is 706 g/mol. The summed E-state index contributed by atoms with van der Waals surface area (Å²) >= 11 is 0. The number of alkyl carbamates (subject to hydrolysis) is 1. The molecule has 2 bridgehead atoms. The first-order valence-corrected chi connectivity index (χ1v) is 19.3. The second kappa shape index (κ2) is 16.1. The summed E-state index contributed by atoms with van der Waals surface area (Å²) in [4.78, 5) is 15.5. The number of carbonyl (C=O) groups excluding carboxylic acids is 1. The van der Waals surface area contributed by atoms with Gasteiger partial charge >= 0.3 is 6.09 Å². The Morgan fingerprint density at radius 2 is 1.44 bits per heavy atom. The molecule has 276 valence electrons. The number of benzene rings is 3. The predicted molar refractivity (Wildman–Crippen MR) is 203 cm³/mol. The minimum atomic E-state index is -0.537. The lowest BCUT2D eigenvalue weighted by Gasteiger charge is -2.41. The summed E-state index contributed by atoms with van der Waals surface area (Å²) in [6.07, 6.45) is 9.46. The molecule has 2 saturated heterocycles. The van der Waals surface area contributed by atoms with Gasteiger partial charge in [-0.15, -0.1) is 10.2 Å². The molecule has 3 aromatic carbocycles. The van der Waals surface area contributed by atoms with Crippen LogP contribution in [0.5, 0.6) is 11.5 Å². The Balaban J connectivity index is 0.922. The van der Waals surface area contributed by atoms with Gasteiger partial charge < -0.3 is 24.1 Å². The van der Waals surface area contributed by atoms with Gasteiger partial charge in [-0.25, -0.2) is 4.79 Å². The Morgan fingerprint density at radius 3 is 2.10 bits per heavy atom. The number of ether oxygens (including phenoxy) is 3. The highest BCUT2D eigenvalue weighted by Crippen LogP contribution is 2.44. The molecule has 0 spiro atoms. The van der Waals surface area contributed by atoms with Crippen LogP contribution in [0.3, 0.4) is 0 Å². The zero-order valence-corrected chi connectivity index (χ0v) is 31.2. The van der Waals surface area contributed by atoms with E-state index in [1.165, 1.54) is 18.7 Å². The number of piperidine rings is 1. The van der Waals surface area contributed by atoms with Crippen LogP contribution in [0.4, 0.5) is 4.79 Å². The predicted octanol–water partition coefficient (Wildman–Crippen LogP) is 9.09. The van der Waals surface area contributed by atoms with Gasteiger partial charge in [-0.05, 0) is 121 Å². The van der Waals surface area contributed by atoms with Crippen molar-refractivity contribution in [3.8, 4) is 11.5 Å². The molecule has 9 nitrogen and oxygen atoms in total. The summed E-state index contributed by atoms with van der Waals surface area (Å²) in [6, 6.07) is 29.9. The normalized spacial score (nSPS) is 23.9. The quantitative estimate of drug-likeness (QED) is 0.157. The molecule has 1 saturated carbocycles. The van der Waals surface area contributed by atoms with Crippen LogP contribution in [0, 0.1) is 6.92 Å². The van der Waals surface area contributed by atoms with E-state index in [1.54, 1.807) is 0 Å². The van der Waals surface area contributed by atoms with Crippen LogP contribution in [0.2, 0.25) is 0 Å². The molecule has 52 heavy (non-hydrogen) atoms. The fraction of sp³-hybridized carbons (Fsp3) is 0.512. The standard InChI is InChI=1S/C43H55N5O4/c1-30-45-46-41(33-15-19-38(20-16-33)51-39-23-21-37(22-24-39)50-29-31-11-7-5-8-12-31)48(30)36-27-34-17-18-35(28-36)47(34)26-25-40(32-13-9-6-10-14-32)44-42(49)52-43(2,3)4/h5-14,21-24,33-36,38,40H,15-20,25-29H2,1-4H3,(H,44,49)/t33?,34?,35?,36?,38?,40-/m0/s1. The third kappa shape index (κ3) is 8.98. The maximum Gasteiger partial charge on any atom is 0.408 e. The Kier molecular flexibility index (Phi) is 11.2. The zero-order chi connectivity index (χ0) is 36.1. The van der Waals surface area contributed by atoms with Crippen molar-refractivity contribution in [1.82, 2.24) is 25.0 Å². The number of aromatic nitrogens is 3. The third-order valence-corrected chi connectivity index (χ3v) is 11.1. The number of fused-ring (bicyclic) bond motifs is 2. The van der Waals surface area contributed by atoms with E-state index in [2.05, 4.69) is 51.1 Å². The van der Waals surface area contributed by atoms with E-state index in [1.807, 2.05) is 81.4 Å². The van der Waals surface area contributed by atoms with Crippen molar-refractivity contribution < 1.29 is 19.0 Å². The molecule has 3 heterocycles. The lowest BCUT2D eigenvalue weighted by molar-refractivity contribution is 0.0488. The van der Waals surface area contributed by atoms with Crippen molar-refractivity contribution in [2.75, 3.05) is 6.54 Å². The summed E-state index contributed by atoms with van der Waals surface area (Å²) < 4.78 is 20.5. The first kappa shape index (κ1) is 36.0. The molecule has 0 radical (unpaired) electrons. The molecule has 1 aliphatic carbocycles. The SMILES string of the molecule is Cc1nnc(C2CCC(Oc3ccc(OCc4ccccc4)cc3)CC2)n1C1CC2CCC(C1)N2CC[C@H](NC(=O)OC(C)(C)C)c1ccccc1. The summed E-state index contributed by atoms with van der Waals surface area (Å²) in [5.74, 6) is 4.34. The smallest absolute Gasteiger partial charge is 0.408 e. The molecular formula is C43H55N5O4. The zero-order valence-electron chi connectivity index (χ0n) is 31.2. The molecule has 7 rings (SSSR count). The van der Waals surface area contributed by atoms with Crippen molar-refractivity contribution in [2.24, 2.45) is 0 Å². The highest BCUT2D eigenvalue weighted by molar-refractivity contribution is 5.68. The first-order chi connectivity index (χ1) is 25.2. The third-order valence-electron chi connectivity index (χ3n) is 11.1. The number of hydrogen-bond donors (Lipinski definition) is 1. The van der Waals surface area contributed by atoms with Gasteiger partial charge in [-0.3, -0.25) is 4.90 Å². The van der Waals surface area contributed by atoms with Gasteiger partial charge in [0.05, 0.1) is 12.1 Å². The maximum atomic E-state index is 12.8. The van der Waals surface area contributed by atoms with E-state index in [0.29, 0.717) is 30.7 Å². The number of carbonyl (C=O) groups is 1. The van der Waals surface area contributed by atoms with Gasteiger partial charge in [0.25, 0.3) is 0 Å². The van der Waals surface area contributed by atoms with Crippen LogP contribution >= 0.6 is 0 Å². The minimum Gasteiger partial charge on any atom is -0.490 e. The maximum absolute atomic E-state index is 12.8. The molecule has 3 fully saturated rings. The van der Waals surface area contributed by atoms with E-state index in [0.717, 1.165) is 79.9 Å². The minimum absolute atomic E-state index is 0.0997. The van der Waals surface area contributed by atoms with E-state index < -0.39 is 5.60 Å². The number of aryl methyl sites for hydroxylation is 1. The fourth-order valence-corrected chi connectivity index (χ4v) is 8.66. The molecular weight excluding hydrogens is 651 g/mol. The van der Waals surface area contributed by atoms with Crippen LogP contribution in [0.15, 0.2) is 84.9 Å². The Labute approximate surface area is 309 Å². The Bertz CT molecular complexity index is 1720. The van der Waals surface area contributed by atoms with Crippen molar-refractivity contribution in [3.63, 3.8) is 0 Å². The molecule has 2 aliphatic heterocycles. The second-order valence-corrected chi connectivity index (χ2v) is 16.0. The summed E-state index contributed by atoms with van der Waals surface area (Å²) in [5.41, 5.74) is 1.73. The van der Waals surface area contributed by atoms with Gasteiger partial charge in [0.2, 0.25) is 0 Å². The molecule has 1 aromatic heterocycles. The highest BCUT2D eigenvalue weighted by atomic mass is 16.6. The molecule has 3 atom stereocenters. The van der Waals surface area contributed by atoms with Crippen LogP contribution in [-0.2, 0) is 11.3 Å². The van der Waals surface area contributed by atoms with Gasteiger partial charge in [0, 0.05) is 30.6 Å². The average Bonchev–Trinajstić information content (AvgIpc) is 3.64. The van der Waals surface area contributed by atoms with E-state index in [9.17, 15) is 4.79 Å². The van der Waals surface area contributed by atoms with Crippen LogP contribution in [0.25, 0.3) is 0 Å². The number of nitrogens with zero attached hydrogens (tertiary/aromatic N) is 4. The molecule has 1 N–H and O–H groups in total. The Morgan fingerprint density at radius 1 is 0.808 bits per heavy atom. The molecule has 3 aliphatic rings. The van der Waals surface area contributed by atoms with E-state index in [4.69, 9.17) is 19.3 Å². The van der Waals surface area contributed by atoms with Crippen molar-refractivity contribution in [3.05, 3.63) is 108 Å². The summed E-state index contributed by atoms with van der Waals surface area (Å²) in [5, 5.41) is 12.6. The van der Waals surface area contributed by atoms with Crippen molar-refractivity contribution in [2.45, 2.75) is 134 Å². The van der Waals surface area contributed by atoms with Crippen LogP contribution in [0.1, 0.15) is 119 Å². The summed E-state index contributed by atoms with van der Waals surface area (Å²) in [7, 11) is 0. The van der Waals surface area contributed by atoms with Gasteiger partial charge in [0.1, 0.15) is 35.4 Å². The highest BCUT2D eigenvalue weighted by Gasteiger charge is 2.43. The van der Waals surface area contributed by atoms with Crippen LogP contribution in [-0.4, -0.2) is 56.1 Å². The second-order valence-electron chi connectivity index (χ2n) is 16.0. The van der Waals surface area contributed by atoms with E-state index in [-0.39, 0.29) is 18.2 Å². The van der Waals surface area contributed by atoms with Crippen molar-refractivity contribution >= 4 is 6.09 Å². The van der Waals surface area contributed by atoms with E-state index >= 15 is 0 Å². The number of rotatable bonds is 12. The van der Waals surface area contributed by atoms with Crippen molar-refractivity contribution in [1.29, 1.82) is 0 Å². The monoisotopic (exact) mass is 705 g/mol. The van der Waals surface area contributed by atoms with Gasteiger partial charge in [-0.1, -0.05) is 60.7 Å². The first-order valence-electron chi connectivity index (χ1n) is 19.3. The largest absolute Gasteiger partial charge is 0.490 e. The molecule has 2 unspecified atom stereocenters. The molecule has 1 amide bonds. The number of amides is 1. The summed E-state index contributed by atoms with van der Waals surface area (Å²) in [6.45, 7) is 9.33. The number of nitrogens with one attached hydrogen (secondary N) is 1. The molecule has 9 heteroatoms. The molecule has 4 aromatic rings. The van der Waals surface area contributed by atoms with Gasteiger partial charge in [0.15, 0.2) is 0 Å². The number of hydrogen-bond acceptors (Lipinski definition) is 7. The lowest BCUT2D eigenvalue weighted by Crippen LogP contribution is -2.45. The van der Waals surface area contributed by atoms with Gasteiger partial charge in [-0.2, -0.15) is 0 Å². The topological polar surface area (TPSA) is 90.7 Å². The fourth-order valence-electron chi connectivity index (χ4n) is 8.66.